The van der Waals surface area contributed by atoms with Crippen LogP contribution in [0.2, 0.25) is 10.0 Å². The number of methoxy groups -OCH3 is 3. The molecule has 9 nitrogen and oxygen atoms in total. The van der Waals surface area contributed by atoms with Gasteiger partial charge in [0.15, 0.2) is 0 Å². The van der Waals surface area contributed by atoms with Crippen LogP contribution < -0.4 is 14.4 Å². The first kappa shape index (κ1) is 30.1. The molecule has 2 aromatic carbocycles. The zero-order chi connectivity index (χ0) is 30.7. The molecule has 11 heteroatoms. The van der Waals surface area contributed by atoms with E-state index in [1.54, 1.807) is 6.07 Å². The van der Waals surface area contributed by atoms with Crippen molar-refractivity contribution in [2.75, 3.05) is 32.8 Å². The molecule has 0 unspecified atom stereocenters. The maximum atomic E-state index is 12.0. The van der Waals surface area contributed by atoms with Crippen LogP contribution >= 0.6 is 23.2 Å². The summed E-state index contributed by atoms with van der Waals surface area (Å²) in [7, 11) is 4.04. The van der Waals surface area contributed by atoms with Crippen LogP contribution in [-0.4, -0.2) is 49.8 Å². The van der Waals surface area contributed by atoms with Gasteiger partial charge in [0.25, 0.3) is 0 Å². The van der Waals surface area contributed by atoms with Crippen LogP contribution in [0, 0.1) is 6.92 Å². The summed E-state index contributed by atoms with van der Waals surface area (Å²) in [4.78, 5) is 34.8. The minimum Gasteiger partial charge on any atom is -0.487 e. The van der Waals surface area contributed by atoms with Gasteiger partial charge in [0.05, 0.1) is 36.9 Å². The van der Waals surface area contributed by atoms with E-state index in [1.165, 1.54) is 39.2 Å². The summed E-state index contributed by atoms with van der Waals surface area (Å²) in [6.07, 6.45) is 2.33. The summed E-state index contributed by atoms with van der Waals surface area (Å²) in [6.45, 7) is 3.37. The third-order valence-corrected chi connectivity index (χ3v) is 8.14. The molecule has 0 aliphatic carbocycles. The molecule has 0 saturated carbocycles. The van der Waals surface area contributed by atoms with Gasteiger partial charge < -0.3 is 23.8 Å². The number of hydrogen-bond donors (Lipinski definition) is 0. The molecule has 0 fully saturated rings. The molecule has 3 heterocycles. The highest BCUT2D eigenvalue weighted by Gasteiger charge is 2.24. The number of carbonyl (C=O) groups is 2. The number of ether oxygens (including phenoxy) is 4. The van der Waals surface area contributed by atoms with Crippen LogP contribution in [-0.2, 0) is 29.0 Å². The van der Waals surface area contributed by atoms with Crippen LogP contribution in [0.15, 0.2) is 54.7 Å². The summed E-state index contributed by atoms with van der Waals surface area (Å²) in [5, 5.41) is 0.924. The Kier molecular flexibility index (Phi) is 9.03. The Morgan fingerprint density at radius 1 is 0.977 bits per heavy atom. The summed E-state index contributed by atoms with van der Waals surface area (Å²) >= 11 is 13.5. The lowest BCUT2D eigenvalue weighted by Gasteiger charge is -2.31. The van der Waals surface area contributed by atoms with Crippen molar-refractivity contribution in [2.24, 2.45) is 0 Å². The SMILES string of the molecule is COC(=O)c1ccc(N2CCc3ccc(-c4cccc(OCc5nc(OC)c(C(=O)OC)cc5Cl)c4C)c(Cl)c3C2)nc1. The molecule has 4 aromatic rings. The largest absolute Gasteiger partial charge is 0.487 e. The second kappa shape index (κ2) is 12.9. The van der Waals surface area contributed by atoms with E-state index in [0.717, 1.165) is 41.0 Å². The van der Waals surface area contributed by atoms with Crippen LogP contribution in [0.4, 0.5) is 5.82 Å². The van der Waals surface area contributed by atoms with Crippen molar-refractivity contribution in [3.05, 3.63) is 98.3 Å². The number of anilines is 1. The van der Waals surface area contributed by atoms with Gasteiger partial charge in [-0.3, -0.25) is 0 Å². The van der Waals surface area contributed by atoms with Gasteiger partial charge in [-0.25, -0.2) is 19.6 Å². The number of rotatable bonds is 8. The third kappa shape index (κ3) is 6.09. The molecule has 0 amide bonds. The summed E-state index contributed by atoms with van der Waals surface area (Å²) in [5.41, 5.74) is 5.88. The Balaban J connectivity index is 1.39. The number of fused-ring (bicyclic) bond motifs is 1. The molecule has 2 aromatic heterocycles. The zero-order valence-corrected chi connectivity index (χ0v) is 25.6. The standard InChI is InChI=1S/C32H29Cl2N3O6/c1-18-21(6-5-7-27(18)43-17-26-25(33)14-23(32(39)42-4)30(36-26)40-2)22-10-8-19-12-13-37(16-24(19)29(22)34)28-11-9-20(15-35-28)31(38)41-3/h5-11,14-15H,12-13,16-17H2,1-4H3. The lowest BCUT2D eigenvalue weighted by atomic mass is 9.92. The molecule has 222 valence electrons. The second-order valence-corrected chi connectivity index (χ2v) is 10.6. The van der Waals surface area contributed by atoms with Gasteiger partial charge in [0.2, 0.25) is 5.88 Å². The highest BCUT2D eigenvalue weighted by atomic mass is 35.5. The Hall–Kier alpha value is -4.34. The molecule has 43 heavy (non-hydrogen) atoms. The molecular weight excluding hydrogens is 593 g/mol. The normalized spacial score (nSPS) is 12.4. The van der Waals surface area contributed by atoms with Crippen molar-refractivity contribution in [1.29, 1.82) is 0 Å². The summed E-state index contributed by atoms with van der Waals surface area (Å²) in [5.74, 6) is 0.476. The first-order valence-electron chi connectivity index (χ1n) is 13.4. The summed E-state index contributed by atoms with van der Waals surface area (Å²) < 4.78 is 21.0. The lowest BCUT2D eigenvalue weighted by Crippen LogP contribution is -2.31. The first-order chi connectivity index (χ1) is 20.7. The zero-order valence-electron chi connectivity index (χ0n) is 24.1. The molecule has 0 spiro atoms. The van der Waals surface area contributed by atoms with E-state index in [0.29, 0.717) is 28.6 Å². The Bertz CT molecular complexity index is 1690. The second-order valence-electron chi connectivity index (χ2n) is 9.82. The Labute approximate surface area is 259 Å². The average Bonchev–Trinajstić information content (AvgIpc) is 3.04. The molecule has 1 aliphatic rings. The molecule has 0 radical (unpaired) electrons. The van der Waals surface area contributed by atoms with Crippen molar-refractivity contribution >= 4 is 41.0 Å². The predicted molar refractivity (Wildman–Crippen MR) is 163 cm³/mol. The summed E-state index contributed by atoms with van der Waals surface area (Å²) in [6, 6.07) is 14.9. The smallest absolute Gasteiger partial charge is 0.343 e. The van der Waals surface area contributed by atoms with Gasteiger partial charge in [-0.1, -0.05) is 47.5 Å². The molecule has 0 bridgehead atoms. The van der Waals surface area contributed by atoms with Crippen LogP contribution in [0.25, 0.3) is 11.1 Å². The predicted octanol–water partition coefficient (Wildman–Crippen LogP) is 6.48. The fourth-order valence-electron chi connectivity index (χ4n) is 5.04. The Morgan fingerprint density at radius 2 is 1.77 bits per heavy atom. The number of aromatic nitrogens is 2. The number of carbonyl (C=O) groups excluding carboxylic acids is 2. The molecule has 1 aliphatic heterocycles. The van der Waals surface area contributed by atoms with Gasteiger partial charge in [-0.05, 0) is 59.9 Å². The Morgan fingerprint density at radius 3 is 2.47 bits per heavy atom. The average molecular weight is 623 g/mol. The van der Waals surface area contributed by atoms with Gasteiger partial charge in [-0.15, -0.1) is 0 Å². The van der Waals surface area contributed by atoms with Gasteiger partial charge in [0, 0.05) is 24.8 Å². The fourth-order valence-corrected chi connectivity index (χ4v) is 5.59. The van der Waals surface area contributed by atoms with Gasteiger partial charge in [0.1, 0.15) is 29.4 Å². The van der Waals surface area contributed by atoms with Crippen molar-refractivity contribution < 1.29 is 28.5 Å². The van der Waals surface area contributed by atoms with Crippen molar-refractivity contribution in [3.8, 4) is 22.8 Å². The van der Waals surface area contributed by atoms with E-state index in [1.807, 2.05) is 37.3 Å². The van der Waals surface area contributed by atoms with Crippen LogP contribution in [0.5, 0.6) is 11.6 Å². The quantitative estimate of drug-likeness (QED) is 0.204. The number of hydrogen-bond acceptors (Lipinski definition) is 9. The minimum absolute atomic E-state index is 0.0512. The lowest BCUT2D eigenvalue weighted by molar-refractivity contribution is 0.0589. The number of esters is 2. The maximum Gasteiger partial charge on any atom is 0.343 e. The van der Waals surface area contributed by atoms with E-state index in [4.69, 9.17) is 42.1 Å². The number of nitrogens with zero attached hydrogens (tertiary/aromatic N) is 3. The van der Waals surface area contributed by atoms with Crippen LogP contribution in [0.3, 0.4) is 0 Å². The van der Waals surface area contributed by atoms with E-state index in [9.17, 15) is 9.59 Å². The number of benzene rings is 2. The van der Waals surface area contributed by atoms with Crippen molar-refractivity contribution in [1.82, 2.24) is 9.97 Å². The van der Waals surface area contributed by atoms with Crippen LogP contribution in [0.1, 0.15) is 43.1 Å². The topological polar surface area (TPSA) is 100 Å². The van der Waals surface area contributed by atoms with E-state index in [-0.39, 0.29) is 23.1 Å². The number of halogens is 2. The molecule has 0 N–H and O–H groups in total. The molecule has 5 rings (SSSR count). The third-order valence-electron chi connectivity index (χ3n) is 7.38. The monoisotopic (exact) mass is 621 g/mol. The van der Waals surface area contributed by atoms with Crippen molar-refractivity contribution in [3.63, 3.8) is 0 Å². The maximum absolute atomic E-state index is 12.0. The fraction of sp³-hybridized carbons (Fsp3) is 0.250. The van der Waals surface area contributed by atoms with E-state index in [2.05, 4.69) is 20.9 Å². The highest BCUT2D eigenvalue weighted by Crippen LogP contribution is 2.39. The van der Waals surface area contributed by atoms with Crippen molar-refractivity contribution in [2.45, 2.75) is 26.5 Å². The van der Waals surface area contributed by atoms with E-state index < -0.39 is 11.9 Å². The van der Waals surface area contributed by atoms with Gasteiger partial charge >= 0.3 is 11.9 Å². The molecule has 0 saturated heterocycles. The first-order valence-corrected chi connectivity index (χ1v) is 14.1. The van der Waals surface area contributed by atoms with E-state index >= 15 is 0 Å². The number of pyridine rings is 2. The minimum atomic E-state index is -0.597. The molecular formula is C32H29Cl2N3O6. The molecule has 0 atom stereocenters. The van der Waals surface area contributed by atoms with Gasteiger partial charge in [-0.2, -0.15) is 0 Å². The highest BCUT2D eigenvalue weighted by molar-refractivity contribution is 6.34.